The smallest absolute Gasteiger partial charge is 0.306 e. The van der Waals surface area contributed by atoms with Crippen molar-refractivity contribution in [2.75, 3.05) is 12.4 Å². The Bertz CT molecular complexity index is 312. The van der Waals surface area contributed by atoms with E-state index in [1.807, 2.05) is 11.8 Å². The highest BCUT2D eigenvalue weighted by atomic mass is 32.2. The van der Waals surface area contributed by atoms with Crippen molar-refractivity contribution in [3.05, 3.63) is 0 Å². The normalized spacial score (nSPS) is 24.3. The lowest BCUT2D eigenvalue weighted by molar-refractivity contribution is -0.144. The number of carbonyl (C=O) groups excluding carboxylic acids is 1. The summed E-state index contributed by atoms with van der Waals surface area (Å²) in [6.07, 6.45) is 12.8. The molecule has 1 aliphatic carbocycles. The van der Waals surface area contributed by atoms with Crippen molar-refractivity contribution in [1.82, 2.24) is 0 Å². The topological polar surface area (TPSA) is 52.3 Å². The van der Waals surface area contributed by atoms with E-state index < -0.39 is 0 Å². The molecule has 0 aromatic carbocycles. The Morgan fingerprint density at radius 2 is 1.87 bits per heavy atom. The van der Waals surface area contributed by atoms with Crippen LogP contribution in [0.25, 0.3) is 0 Å². The maximum absolute atomic E-state index is 11.9. The maximum atomic E-state index is 11.9. The van der Waals surface area contributed by atoms with Crippen LogP contribution >= 0.6 is 11.8 Å². The summed E-state index contributed by atoms with van der Waals surface area (Å²) in [6.45, 7) is 4.95. The van der Waals surface area contributed by atoms with E-state index in [4.69, 9.17) is 10.5 Å². The molecule has 0 aromatic rings. The molecule has 1 aliphatic rings. The first-order valence-corrected chi connectivity index (χ1v) is 10.7. The molecule has 0 spiro atoms. The summed E-state index contributed by atoms with van der Waals surface area (Å²) in [5.74, 6) is 1.34. The molecular weight excluding hydrogens is 306 g/mol. The van der Waals surface area contributed by atoms with Crippen molar-refractivity contribution >= 4 is 17.7 Å². The summed E-state index contributed by atoms with van der Waals surface area (Å²) >= 11 is 1.89. The molecule has 4 heteroatoms. The number of esters is 1. The fourth-order valence-corrected chi connectivity index (χ4v) is 4.56. The lowest BCUT2D eigenvalue weighted by atomic mass is 10.0. The van der Waals surface area contributed by atoms with E-state index in [1.165, 1.54) is 38.5 Å². The van der Waals surface area contributed by atoms with Crippen LogP contribution in [0.5, 0.6) is 0 Å². The first-order valence-electron chi connectivity index (χ1n) is 9.70. The molecule has 1 rings (SSSR count). The zero-order valence-corrected chi connectivity index (χ0v) is 16.0. The zero-order valence-electron chi connectivity index (χ0n) is 15.2. The van der Waals surface area contributed by atoms with E-state index in [-0.39, 0.29) is 5.97 Å². The number of thioether (sulfide) groups is 1. The highest BCUT2D eigenvalue weighted by Gasteiger charge is 2.19. The summed E-state index contributed by atoms with van der Waals surface area (Å²) in [5.41, 5.74) is 6.35. The van der Waals surface area contributed by atoms with Gasteiger partial charge in [-0.2, -0.15) is 11.8 Å². The number of rotatable bonds is 9. The maximum Gasteiger partial charge on any atom is 0.306 e. The van der Waals surface area contributed by atoms with E-state index in [9.17, 15) is 4.79 Å². The molecule has 3 nitrogen and oxygen atoms in total. The van der Waals surface area contributed by atoms with Crippen molar-refractivity contribution in [2.24, 2.45) is 11.7 Å². The molecule has 0 aromatic heterocycles. The standard InChI is InChI=1S/C19H37NO2S/c1-3-10-16(4-2)15-22-19(21)13-14-23-18-12-9-7-5-6-8-11-17(18)20/h16-18H,3-15,20H2,1-2H3. The van der Waals surface area contributed by atoms with Crippen molar-refractivity contribution in [1.29, 1.82) is 0 Å². The molecule has 0 heterocycles. The predicted molar refractivity (Wildman–Crippen MR) is 101 cm³/mol. The Hall–Kier alpha value is -0.220. The summed E-state index contributed by atoms with van der Waals surface area (Å²) in [6, 6.07) is 0.295. The highest BCUT2D eigenvalue weighted by molar-refractivity contribution is 7.99. The molecule has 0 aliphatic heterocycles. The van der Waals surface area contributed by atoms with Crippen LogP contribution in [0.4, 0.5) is 0 Å². The highest BCUT2D eigenvalue weighted by Crippen LogP contribution is 2.26. The van der Waals surface area contributed by atoms with Gasteiger partial charge in [-0.1, -0.05) is 58.8 Å². The van der Waals surface area contributed by atoms with Crippen molar-refractivity contribution in [2.45, 2.75) is 95.8 Å². The minimum absolute atomic E-state index is 0.0382. The van der Waals surface area contributed by atoms with E-state index >= 15 is 0 Å². The lowest BCUT2D eigenvalue weighted by Crippen LogP contribution is -2.32. The van der Waals surface area contributed by atoms with Crippen LogP contribution in [0.3, 0.4) is 0 Å². The van der Waals surface area contributed by atoms with Crippen molar-refractivity contribution in [3.8, 4) is 0 Å². The Kier molecular flexibility index (Phi) is 11.9. The average Bonchev–Trinajstić information content (AvgIpc) is 2.64. The third-order valence-corrected chi connectivity index (χ3v) is 6.35. The molecule has 1 fully saturated rings. The van der Waals surface area contributed by atoms with Gasteiger partial charge < -0.3 is 10.5 Å². The predicted octanol–water partition coefficient (Wildman–Crippen LogP) is 4.92. The number of nitrogens with two attached hydrogens (primary N) is 1. The Labute approximate surface area is 147 Å². The van der Waals surface area contributed by atoms with Gasteiger partial charge in [0.15, 0.2) is 0 Å². The molecule has 1 saturated carbocycles. The van der Waals surface area contributed by atoms with E-state index in [2.05, 4.69) is 13.8 Å². The van der Waals surface area contributed by atoms with Gasteiger partial charge in [0.25, 0.3) is 0 Å². The van der Waals surface area contributed by atoms with Gasteiger partial charge in [-0.15, -0.1) is 0 Å². The second kappa shape index (κ2) is 13.1. The quantitative estimate of drug-likeness (QED) is 0.604. The van der Waals surface area contributed by atoms with Crippen LogP contribution < -0.4 is 5.73 Å². The monoisotopic (exact) mass is 343 g/mol. The third-order valence-electron chi connectivity index (χ3n) is 4.90. The fourth-order valence-electron chi connectivity index (χ4n) is 3.25. The number of hydrogen-bond acceptors (Lipinski definition) is 4. The van der Waals surface area contributed by atoms with Crippen molar-refractivity contribution < 1.29 is 9.53 Å². The summed E-state index contributed by atoms with van der Waals surface area (Å²) < 4.78 is 5.45. The van der Waals surface area contributed by atoms with E-state index in [0.29, 0.717) is 30.2 Å². The Morgan fingerprint density at radius 1 is 1.17 bits per heavy atom. The number of ether oxygens (including phenoxy) is 1. The van der Waals surface area contributed by atoms with Gasteiger partial charge in [-0.25, -0.2) is 0 Å². The van der Waals surface area contributed by atoms with Gasteiger partial charge in [0.05, 0.1) is 13.0 Å². The minimum Gasteiger partial charge on any atom is -0.465 e. The van der Waals surface area contributed by atoms with Gasteiger partial charge >= 0.3 is 5.97 Å². The van der Waals surface area contributed by atoms with Gasteiger partial charge in [-0.05, 0) is 25.2 Å². The average molecular weight is 344 g/mol. The first kappa shape index (κ1) is 20.8. The number of hydrogen-bond donors (Lipinski definition) is 1. The molecule has 0 bridgehead atoms. The lowest BCUT2D eigenvalue weighted by Gasteiger charge is -2.22. The molecule has 0 saturated heterocycles. The number of carbonyl (C=O) groups is 1. The summed E-state index contributed by atoms with van der Waals surface area (Å²) in [7, 11) is 0. The van der Waals surface area contributed by atoms with E-state index in [1.54, 1.807) is 0 Å². The van der Waals surface area contributed by atoms with Crippen LogP contribution in [-0.4, -0.2) is 29.6 Å². The minimum atomic E-state index is -0.0382. The Morgan fingerprint density at radius 3 is 2.57 bits per heavy atom. The molecule has 2 N–H and O–H groups in total. The van der Waals surface area contributed by atoms with Crippen LogP contribution in [0.15, 0.2) is 0 Å². The van der Waals surface area contributed by atoms with Gasteiger partial charge in [0.1, 0.15) is 0 Å². The van der Waals surface area contributed by atoms with Crippen LogP contribution in [0.1, 0.15) is 84.5 Å². The molecular formula is C19H37NO2S. The SMILES string of the molecule is CCCC(CC)COC(=O)CCSC1CCCCCCCC1N. The van der Waals surface area contributed by atoms with Gasteiger partial charge in [-0.3, -0.25) is 4.79 Å². The summed E-state index contributed by atoms with van der Waals surface area (Å²) in [4.78, 5) is 11.9. The molecule has 0 amide bonds. The second-order valence-electron chi connectivity index (χ2n) is 6.91. The zero-order chi connectivity index (χ0) is 16.9. The molecule has 136 valence electrons. The van der Waals surface area contributed by atoms with Crippen LogP contribution in [0, 0.1) is 5.92 Å². The van der Waals surface area contributed by atoms with E-state index in [0.717, 1.165) is 31.4 Å². The molecule has 0 radical (unpaired) electrons. The Balaban J connectivity index is 2.21. The first-order chi connectivity index (χ1) is 11.2. The van der Waals surface area contributed by atoms with Gasteiger partial charge in [0.2, 0.25) is 0 Å². The summed E-state index contributed by atoms with van der Waals surface area (Å²) in [5, 5.41) is 0.518. The van der Waals surface area contributed by atoms with Crippen LogP contribution in [-0.2, 0) is 9.53 Å². The second-order valence-corrected chi connectivity index (χ2v) is 8.26. The van der Waals surface area contributed by atoms with Crippen molar-refractivity contribution in [3.63, 3.8) is 0 Å². The fraction of sp³-hybridized carbons (Fsp3) is 0.947. The van der Waals surface area contributed by atoms with Crippen LogP contribution in [0.2, 0.25) is 0 Å². The third kappa shape index (κ3) is 9.61. The molecule has 3 unspecified atom stereocenters. The molecule has 3 atom stereocenters. The largest absolute Gasteiger partial charge is 0.465 e. The van der Waals surface area contributed by atoms with Gasteiger partial charge in [0, 0.05) is 17.0 Å². The molecule has 23 heavy (non-hydrogen) atoms.